The first-order valence-electron chi connectivity index (χ1n) is 8.45. The van der Waals surface area contributed by atoms with Crippen molar-refractivity contribution in [1.29, 1.82) is 0 Å². The smallest absolute Gasteiger partial charge is 0.191 e. The predicted octanol–water partition coefficient (Wildman–Crippen LogP) is 1.53. The molecular weight excluding hydrogens is 302 g/mol. The van der Waals surface area contributed by atoms with Gasteiger partial charge in [0.1, 0.15) is 11.6 Å². The molecule has 0 fully saturated rings. The van der Waals surface area contributed by atoms with Crippen LogP contribution in [0.5, 0.6) is 0 Å². The van der Waals surface area contributed by atoms with Crippen molar-refractivity contribution in [2.45, 2.75) is 45.7 Å². The first kappa shape index (κ1) is 16.4. The third kappa shape index (κ3) is 3.72. The maximum atomic E-state index is 4.56. The van der Waals surface area contributed by atoms with Crippen LogP contribution in [0, 0.1) is 13.8 Å². The second kappa shape index (κ2) is 7.42. The van der Waals surface area contributed by atoms with Crippen LogP contribution in [0.4, 0.5) is 0 Å². The second-order valence-electron chi connectivity index (χ2n) is 6.13. The summed E-state index contributed by atoms with van der Waals surface area (Å²) in [7, 11) is 1.80. The molecule has 0 amide bonds. The Kier molecular flexibility index (Phi) is 5.08. The largest absolute Gasteiger partial charge is 0.356 e. The maximum absolute atomic E-state index is 4.56. The van der Waals surface area contributed by atoms with E-state index in [0.717, 1.165) is 50.0 Å². The van der Waals surface area contributed by atoms with Gasteiger partial charge in [-0.1, -0.05) is 0 Å². The third-order valence-corrected chi connectivity index (χ3v) is 4.34. The molecule has 0 saturated carbocycles. The fourth-order valence-electron chi connectivity index (χ4n) is 3.06. The van der Waals surface area contributed by atoms with E-state index in [4.69, 9.17) is 0 Å². The Labute approximate surface area is 142 Å². The summed E-state index contributed by atoms with van der Waals surface area (Å²) < 4.78 is 2.00. The van der Waals surface area contributed by atoms with E-state index in [2.05, 4.69) is 43.7 Å². The molecule has 1 aliphatic heterocycles. The molecule has 7 heteroatoms. The van der Waals surface area contributed by atoms with Crippen molar-refractivity contribution < 1.29 is 0 Å². The molecule has 1 unspecified atom stereocenters. The second-order valence-corrected chi connectivity index (χ2v) is 6.13. The first-order chi connectivity index (χ1) is 11.7. The summed E-state index contributed by atoms with van der Waals surface area (Å²) in [6.07, 6.45) is 6.82. The van der Waals surface area contributed by atoms with Gasteiger partial charge in [0.15, 0.2) is 5.96 Å². The summed E-state index contributed by atoms with van der Waals surface area (Å²) in [5, 5.41) is 11.3. The highest BCUT2D eigenvalue weighted by atomic mass is 15.4. The average Bonchev–Trinajstić information content (AvgIpc) is 2.96. The molecule has 0 aliphatic carbocycles. The number of pyridine rings is 1. The van der Waals surface area contributed by atoms with E-state index >= 15 is 0 Å². The van der Waals surface area contributed by atoms with Gasteiger partial charge in [-0.15, -0.1) is 0 Å². The highest BCUT2D eigenvalue weighted by Gasteiger charge is 2.24. The van der Waals surface area contributed by atoms with Crippen LogP contribution in [-0.2, 0) is 13.0 Å². The molecule has 2 aromatic rings. The lowest BCUT2D eigenvalue weighted by molar-refractivity contribution is 0.398. The lowest BCUT2D eigenvalue weighted by atomic mass is 10.1. The summed E-state index contributed by atoms with van der Waals surface area (Å²) in [4.78, 5) is 13.0. The molecular formula is C17H25N7. The highest BCUT2D eigenvalue weighted by molar-refractivity contribution is 5.80. The standard InChI is InChI=1S/C17H25N7/c1-12-11-19-8-6-14(12)7-9-20-17(18-3)22-15-5-4-10-24-16(15)21-13(2)23-24/h6,8,11,15H,4-5,7,9-10H2,1-3H3,(H2,18,20,22). The quantitative estimate of drug-likeness (QED) is 0.658. The Morgan fingerprint density at radius 2 is 2.29 bits per heavy atom. The van der Waals surface area contributed by atoms with Crippen LogP contribution in [0.25, 0.3) is 0 Å². The Hall–Kier alpha value is -2.44. The summed E-state index contributed by atoms with van der Waals surface area (Å²) in [5.41, 5.74) is 2.53. The molecule has 0 aromatic carbocycles. The number of fused-ring (bicyclic) bond motifs is 1. The fourth-order valence-corrected chi connectivity index (χ4v) is 3.06. The van der Waals surface area contributed by atoms with Gasteiger partial charge in [-0.2, -0.15) is 5.10 Å². The van der Waals surface area contributed by atoms with E-state index in [1.807, 2.05) is 24.0 Å². The minimum atomic E-state index is 0.161. The molecule has 7 nitrogen and oxygen atoms in total. The number of aromatic nitrogens is 4. The van der Waals surface area contributed by atoms with E-state index in [1.54, 1.807) is 7.05 Å². The fraction of sp³-hybridized carbons (Fsp3) is 0.529. The summed E-state index contributed by atoms with van der Waals surface area (Å²) in [5.74, 6) is 2.64. The number of guanidine groups is 1. The molecule has 1 aliphatic rings. The van der Waals surface area contributed by atoms with Gasteiger partial charge in [-0.05, 0) is 50.3 Å². The Bertz CT molecular complexity index is 719. The van der Waals surface area contributed by atoms with E-state index in [9.17, 15) is 0 Å². The molecule has 2 aromatic heterocycles. The van der Waals surface area contributed by atoms with Gasteiger partial charge < -0.3 is 10.6 Å². The molecule has 1 atom stereocenters. The Balaban J connectivity index is 1.57. The molecule has 0 bridgehead atoms. The van der Waals surface area contributed by atoms with Crippen LogP contribution >= 0.6 is 0 Å². The van der Waals surface area contributed by atoms with E-state index < -0.39 is 0 Å². The number of hydrogen-bond donors (Lipinski definition) is 2. The van der Waals surface area contributed by atoms with Crippen LogP contribution in [0.3, 0.4) is 0 Å². The number of nitrogens with one attached hydrogen (secondary N) is 2. The van der Waals surface area contributed by atoms with E-state index in [-0.39, 0.29) is 6.04 Å². The van der Waals surface area contributed by atoms with E-state index in [0.29, 0.717) is 0 Å². The van der Waals surface area contributed by atoms with Crippen LogP contribution in [-0.4, -0.2) is 39.3 Å². The summed E-state index contributed by atoms with van der Waals surface area (Å²) in [6, 6.07) is 2.23. The Morgan fingerprint density at radius 3 is 3.08 bits per heavy atom. The third-order valence-electron chi connectivity index (χ3n) is 4.34. The lowest BCUT2D eigenvalue weighted by Gasteiger charge is -2.25. The molecule has 3 heterocycles. The normalized spacial score (nSPS) is 17.5. The first-order valence-corrected chi connectivity index (χ1v) is 8.45. The molecule has 128 valence electrons. The van der Waals surface area contributed by atoms with Gasteiger partial charge in [0.05, 0.1) is 6.04 Å². The molecule has 24 heavy (non-hydrogen) atoms. The molecule has 0 radical (unpaired) electrons. The van der Waals surface area contributed by atoms with Crippen molar-refractivity contribution in [3.05, 3.63) is 41.2 Å². The van der Waals surface area contributed by atoms with Crippen molar-refractivity contribution in [1.82, 2.24) is 30.4 Å². The molecule has 0 saturated heterocycles. The van der Waals surface area contributed by atoms with E-state index in [1.165, 1.54) is 11.1 Å². The zero-order chi connectivity index (χ0) is 16.9. The summed E-state index contributed by atoms with van der Waals surface area (Å²) in [6.45, 7) is 5.80. The van der Waals surface area contributed by atoms with Crippen molar-refractivity contribution in [3.63, 3.8) is 0 Å². The highest BCUT2D eigenvalue weighted by Crippen LogP contribution is 2.22. The van der Waals surface area contributed by atoms with Crippen LogP contribution in [0.2, 0.25) is 0 Å². The molecule has 0 spiro atoms. The number of aliphatic imine (C=N–C) groups is 1. The van der Waals surface area contributed by atoms with Gasteiger partial charge in [0.2, 0.25) is 0 Å². The minimum absolute atomic E-state index is 0.161. The minimum Gasteiger partial charge on any atom is -0.356 e. The van der Waals surface area contributed by atoms with Gasteiger partial charge in [-0.3, -0.25) is 9.98 Å². The monoisotopic (exact) mass is 327 g/mol. The van der Waals surface area contributed by atoms with Crippen LogP contribution in [0.1, 0.15) is 41.7 Å². The molecule has 3 rings (SSSR count). The SMILES string of the molecule is CN=C(NCCc1ccncc1C)NC1CCCn2nc(C)nc21. The number of rotatable bonds is 4. The van der Waals surface area contributed by atoms with Crippen molar-refractivity contribution in [3.8, 4) is 0 Å². The maximum Gasteiger partial charge on any atom is 0.191 e. The topological polar surface area (TPSA) is 80.0 Å². The number of aryl methyl sites for hydroxylation is 3. The number of nitrogens with zero attached hydrogens (tertiary/aromatic N) is 5. The average molecular weight is 327 g/mol. The molecule has 2 N–H and O–H groups in total. The lowest BCUT2D eigenvalue weighted by Crippen LogP contribution is -2.42. The van der Waals surface area contributed by atoms with Gasteiger partial charge in [0, 0.05) is 32.5 Å². The van der Waals surface area contributed by atoms with Gasteiger partial charge in [-0.25, -0.2) is 9.67 Å². The van der Waals surface area contributed by atoms with Crippen LogP contribution in [0.15, 0.2) is 23.5 Å². The van der Waals surface area contributed by atoms with Crippen molar-refractivity contribution >= 4 is 5.96 Å². The summed E-state index contributed by atoms with van der Waals surface area (Å²) >= 11 is 0. The van der Waals surface area contributed by atoms with Crippen molar-refractivity contribution in [2.24, 2.45) is 4.99 Å². The van der Waals surface area contributed by atoms with Crippen LogP contribution < -0.4 is 10.6 Å². The number of hydrogen-bond acceptors (Lipinski definition) is 4. The Morgan fingerprint density at radius 1 is 1.42 bits per heavy atom. The van der Waals surface area contributed by atoms with Gasteiger partial charge in [0.25, 0.3) is 0 Å². The van der Waals surface area contributed by atoms with Gasteiger partial charge >= 0.3 is 0 Å². The predicted molar refractivity (Wildman–Crippen MR) is 93.9 cm³/mol. The van der Waals surface area contributed by atoms with Crippen molar-refractivity contribution in [2.75, 3.05) is 13.6 Å². The zero-order valence-corrected chi connectivity index (χ0v) is 14.6. The zero-order valence-electron chi connectivity index (χ0n) is 14.6.